The van der Waals surface area contributed by atoms with Crippen molar-refractivity contribution in [1.82, 2.24) is 29.8 Å². The van der Waals surface area contributed by atoms with Gasteiger partial charge in [0.2, 0.25) is 0 Å². The number of nitrogens with one attached hydrogen (secondary N) is 1. The lowest BCUT2D eigenvalue weighted by Crippen LogP contribution is -2.05. The monoisotopic (exact) mass is 269 g/mol. The predicted molar refractivity (Wildman–Crippen MR) is 74.4 cm³/mol. The van der Waals surface area contributed by atoms with Crippen LogP contribution in [-0.2, 0) is 13.6 Å². The van der Waals surface area contributed by atoms with E-state index in [1.165, 1.54) is 0 Å². The van der Waals surface area contributed by atoms with E-state index >= 15 is 0 Å². The number of aryl methyl sites for hydroxylation is 2. The lowest BCUT2D eigenvalue weighted by molar-refractivity contribution is 0.785. The summed E-state index contributed by atoms with van der Waals surface area (Å²) in [6, 6.07) is 6.12. The Labute approximate surface area is 116 Å². The van der Waals surface area contributed by atoms with Gasteiger partial charge in [-0.3, -0.25) is 0 Å². The van der Waals surface area contributed by atoms with Crippen molar-refractivity contribution in [2.75, 3.05) is 5.32 Å². The number of anilines is 1. The lowest BCUT2D eigenvalue weighted by Gasteiger charge is -2.10. The molecule has 0 saturated carbocycles. The van der Waals surface area contributed by atoms with Crippen molar-refractivity contribution in [2.24, 2.45) is 7.05 Å². The molecular formula is C13H15N7. The van der Waals surface area contributed by atoms with Gasteiger partial charge in [0.05, 0.1) is 24.3 Å². The molecule has 0 amide bonds. The molecule has 102 valence electrons. The molecule has 0 fully saturated rings. The average molecular weight is 269 g/mol. The molecule has 2 heterocycles. The van der Waals surface area contributed by atoms with Crippen LogP contribution in [0.4, 0.5) is 5.69 Å². The Morgan fingerprint density at radius 3 is 2.85 bits per heavy atom. The van der Waals surface area contributed by atoms with Crippen LogP contribution in [0.25, 0.3) is 5.69 Å². The molecule has 0 aliphatic heterocycles. The first-order valence-corrected chi connectivity index (χ1v) is 6.27. The highest BCUT2D eigenvalue weighted by molar-refractivity contribution is 5.54. The van der Waals surface area contributed by atoms with Gasteiger partial charge in [0.25, 0.3) is 0 Å². The molecule has 0 atom stereocenters. The van der Waals surface area contributed by atoms with Gasteiger partial charge in [-0.2, -0.15) is 0 Å². The molecular weight excluding hydrogens is 254 g/mol. The minimum absolute atomic E-state index is 0.717. The summed E-state index contributed by atoms with van der Waals surface area (Å²) in [6.45, 7) is 2.75. The lowest BCUT2D eigenvalue weighted by atomic mass is 10.2. The van der Waals surface area contributed by atoms with E-state index in [1.807, 2.05) is 42.9 Å². The quantitative estimate of drug-likeness (QED) is 0.773. The summed E-state index contributed by atoms with van der Waals surface area (Å²) in [7, 11) is 1.98. The summed E-state index contributed by atoms with van der Waals surface area (Å²) in [6.07, 6.45) is 5.23. The Bertz CT molecular complexity index is 699. The number of aromatic nitrogens is 6. The van der Waals surface area contributed by atoms with Crippen LogP contribution in [0, 0.1) is 6.92 Å². The van der Waals surface area contributed by atoms with Gasteiger partial charge in [-0.1, -0.05) is 6.07 Å². The van der Waals surface area contributed by atoms with Crippen molar-refractivity contribution in [3.63, 3.8) is 0 Å². The fourth-order valence-corrected chi connectivity index (χ4v) is 1.99. The van der Waals surface area contributed by atoms with Crippen LogP contribution in [0.5, 0.6) is 0 Å². The zero-order valence-corrected chi connectivity index (χ0v) is 11.4. The zero-order chi connectivity index (χ0) is 13.9. The van der Waals surface area contributed by atoms with E-state index in [9.17, 15) is 0 Å². The molecule has 0 spiro atoms. The Balaban J connectivity index is 1.81. The Morgan fingerprint density at radius 2 is 2.15 bits per heavy atom. The van der Waals surface area contributed by atoms with Gasteiger partial charge < -0.3 is 9.88 Å². The van der Waals surface area contributed by atoms with Crippen LogP contribution in [0.15, 0.2) is 37.1 Å². The molecule has 0 bridgehead atoms. The molecule has 0 aliphatic carbocycles. The Kier molecular flexibility index (Phi) is 3.16. The second-order valence-corrected chi connectivity index (χ2v) is 4.61. The van der Waals surface area contributed by atoms with Crippen LogP contribution in [0.2, 0.25) is 0 Å². The normalized spacial score (nSPS) is 10.7. The van der Waals surface area contributed by atoms with Gasteiger partial charge in [0, 0.05) is 18.9 Å². The van der Waals surface area contributed by atoms with Crippen molar-refractivity contribution >= 4 is 5.69 Å². The molecule has 3 aromatic rings. The standard InChI is InChI=1S/C13H15N7/c1-10-3-4-11(5-13(10)20-9-16-17-18-20)15-7-12-6-14-8-19(12)2/h3-6,8-9,15H,7H2,1-2H3. The second-order valence-electron chi connectivity index (χ2n) is 4.61. The molecule has 0 aliphatic rings. The van der Waals surface area contributed by atoms with E-state index in [4.69, 9.17) is 0 Å². The fourth-order valence-electron chi connectivity index (χ4n) is 1.99. The van der Waals surface area contributed by atoms with Gasteiger partial charge in [-0.25, -0.2) is 9.67 Å². The van der Waals surface area contributed by atoms with E-state index < -0.39 is 0 Å². The van der Waals surface area contributed by atoms with E-state index in [-0.39, 0.29) is 0 Å². The molecule has 0 unspecified atom stereocenters. The maximum Gasteiger partial charge on any atom is 0.143 e. The van der Waals surface area contributed by atoms with Crippen LogP contribution < -0.4 is 5.32 Å². The highest BCUT2D eigenvalue weighted by Crippen LogP contribution is 2.18. The van der Waals surface area contributed by atoms with Crippen LogP contribution in [0.3, 0.4) is 0 Å². The number of hydrogen-bond acceptors (Lipinski definition) is 5. The van der Waals surface area contributed by atoms with Gasteiger partial charge in [0.15, 0.2) is 0 Å². The highest BCUT2D eigenvalue weighted by atomic mass is 15.5. The van der Waals surface area contributed by atoms with Gasteiger partial charge in [-0.05, 0) is 35.0 Å². The van der Waals surface area contributed by atoms with Crippen LogP contribution >= 0.6 is 0 Å². The fraction of sp³-hybridized carbons (Fsp3) is 0.231. The number of tetrazole rings is 1. The number of benzene rings is 1. The summed E-state index contributed by atoms with van der Waals surface area (Å²) in [5.41, 5.74) is 4.21. The average Bonchev–Trinajstić information content (AvgIpc) is 3.09. The summed E-state index contributed by atoms with van der Waals surface area (Å²) in [5, 5.41) is 14.6. The molecule has 20 heavy (non-hydrogen) atoms. The smallest absolute Gasteiger partial charge is 0.143 e. The van der Waals surface area contributed by atoms with Crippen LogP contribution in [0.1, 0.15) is 11.3 Å². The highest BCUT2D eigenvalue weighted by Gasteiger charge is 2.05. The van der Waals surface area contributed by atoms with Gasteiger partial charge >= 0.3 is 0 Å². The largest absolute Gasteiger partial charge is 0.379 e. The number of imidazole rings is 1. The topological polar surface area (TPSA) is 73.5 Å². The first-order valence-electron chi connectivity index (χ1n) is 6.27. The van der Waals surface area contributed by atoms with E-state index in [2.05, 4.69) is 25.8 Å². The van der Waals surface area contributed by atoms with Gasteiger partial charge in [-0.15, -0.1) is 5.10 Å². The van der Waals surface area contributed by atoms with E-state index in [0.29, 0.717) is 6.54 Å². The molecule has 1 aromatic carbocycles. The maximum absolute atomic E-state index is 4.10. The van der Waals surface area contributed by atoms with E-state index in [0.717, 1.165) is 22.6 Å². The first kappa shape index (κ1) is 12.3. The number of rotatable bonds is 4. The summed E-state index contributed by atoms with van der Waals surface area (Å²) >= 11 is 0. The molecule has 0 saturated heterocycles. The van der Waals surface area contributed by atoms with E-state index in [1.54, 1.807) is 17.3 Å². The summed E-state index contributed by atoms with van der Waals surface area (Å²) in [5.74, 6) is 0. The Morgan fingerprint density at radius 1 is 1.25 bits per heavy atom. The predicted octanol–water partition coefficient (Wildman–Crippen LogP) is 1.32. The van der Waals surface area contributed by atoms with Crippen molar-refractivity contribution in [1.29, 1.82) is 0 Å². The minimum Gasteiger partial charge on any atom is -0.379 e. The molecule has 2 aromatic heterocycles. The second kappa shape index (κ2) is 5.12. The number of hydrogen-bond donors (Lipinski definition) is 1. The third-order valence-electron chi connectivity index (χ3n) is 3.20. The van der Waals surface area contributed by atoms with Crippen molar-refractivity contribution in [3.8, 4) is 5.69 Å². The molecule has 3 rings (SSSR count). The summed E-state index contributed by atoms with van der Waals surface area (Å²) < 4.78 is 3.65. The van der Waals surface area contributed by atoms with Crippen molar-refractivity contribution in [3.05, 3.63) is 48.3 Å². The SMILES string of the molecule is Cc1ccc(NCc2cncn2C)cc1-n1cnnn1. The Hall–Kier alpha value is -2.70. The van der Waals surface area contributed by atoms with Gasteiger partial charge in [0.1, 0.15) is 6.33 Å². The van der Waals surface area contributed by atoms with Crippen molar-refractivity contribution in [2.45, 2.75) is 13.5 Å². The van der Waals surface area contributed by atoms with Crippen molar-refractivity contribution < 1.29 is 0 Å². The van der Waals surface area contributed by atoms with Crippen LogP contribution in [-0.4, -0.2) is 29.8 Å². The first-order chi connectivity index (χ1) is 9.74. The molecule has 0 radical (unpaired) electrons. The maximum atomic E-state index is 4.10. The summed E-state index contributed by atoms with van der Waals surface area (Å²) in [4.78, 5) is 4.10. The minimum atomic E-state index is 0.717. The molecule has 7 nitrogen and oxygen atoms in total. The molecule has 7 heteroatoms. The number of nitrogens with zero attached hydrogens (tertiary/aromatic N) is 6. The third kappa shape index (κ3) is 2.37. The molecule has 1 N–H and O–H groups in total. The zero-order valence-electron chi connectivity index (χ0n) is 11.4. The third-order valence-corrected chi connectivity index (χ3v) is 3.20.